The maximum absolute atomic E-state index is 11.5. The summed E-state index contributed by atoms with van der Waals surface area (Å²) in [6, 6.07) is 11.4. The van der Waals surface area contributed by atoms with E-state index in [-0.39, 0.29) is 13.2 Å². The average molecular weight is 402 g/mol. The monoisotopic (exact) mass is 402 g/mol. The molecule has 3 N–H and O–H groups in total. The first-order chi connectivity index (χ1) is 13.9. The van der Waals surface area contributed by atoms with Crippen LogP contribution in [0.5, 0.6) is 5.75 Å². The topological polar surface area (TPSA) is 118 Å². The molecule has 0 saturated heterocycles. The molecular weight excluding hydrogens is 376 g/mol. The number of aromatic nitrogens is 1. The fraction of sp³-hybridized carbons (Fsp3) is 0.381. The Morgan fingerprint density at radius 3 is 2.55 bits per heavy atom. The summed E-state index contributed by atoms with van der Waals surface area (Å²) in [7, 11) is 0. The minimum absolute atomic E-state index is 0.187. The molecule has 0 bridgehead atoms. The van der Waals surface area contributed by atoms with E-state index in [1.165, 1.54) is 6.92 Å². The van der Waals surface area contributed by atoms with Crippen molar-refractivity contribution in [2.75, 3.05) is 6.61 Å². The molecule has 0 aliphatic rings. The summed E-state index contributed by atoms with van der Waals surface area (Å²) in [4.78, 5) is 27.1. The van der Waals surface area contributed by atoms with Crippen LogP contribution in [0.2, 0.25) is 0 Å². The Kier molecular flexibility index (Phi) is 8.72. The van der Waals surface area contributed by atoms with Crippen molar-refractivity contribution in [2.45, 2.75) is 44.8 Å². The number of aliphatic hydroxyl groups is 2. The normalized spacial score (nSPS) is 15.0. The molecule has 1 amide bonds. The number of amides is 1. The smallest absolute Gasteiger partial charge is 0.217 e. The van der Waals surface area contributed by atoms with E-state index in [9.17, 15) is 19.8 Å². The number of hydrogen-bond donors (Lipinski definition) is 3. The Hall–Kier alpha value is -2.81. The molecule has 1 heterocycles. The number of rotatable bonds is 11. The number of aldehydes is 1. The third kappa shape index (κ3) is 6.94. The Morgan fingerprint density at radius 1 is 1.21 bits per heavy atom. The lowest BCUT2D eigenvalue weighted by Gasteiger charge is -2.31. The van der Waals surface area contributed by atoms with Crippen molar-refractivity contribution in [3.63, 3.8) is 0 Å². The summed E-state index contributed by atoms with van der Waals surface area (Å²) < 4.78 is 11.2. The number of aryl methyl sites for hydroxylation is 1. The van der Waals surface area contributed by atoms with Gasteiger partial charge in [0.15, 0.2) is 6.10 Å². The number of pyridine rings is 1. The highest BCUT2D eigenvalue weighted by Crippen LogP contribution is 2.19. The minimum Gasteiger partial charge on any atom is -0.483 e. The second-order valence-corrected chi connectivity index (χ2v) is 6.59. The molecule has 0 fully saturated rings. The molecule has 0 aliphatic heterocycles. The first kappa shape index (κ1) is 22.5. The number of carbonyl (C=O) groups excluding carboxylic acids is 2. The Morgan fingerprint density at radius 2 is 1.93 bits per heavy atom. The van der Waals surface area contributed by atoms with Crippen LogP contribution >= 0.6 is 0 Å². The number of benzene rings is 1. The number of hydrogen-bond acceptors (Lipinski definition) is 7. The second-order valence-electron chi connectivity index (χ2n) is 6.59. The molecule has 156 valence electrons. The van der Waals surface area contributed by atoms with Gasteiger partial charge in [-0.05, 0) is 24.6 Å². The quantitative estimate of drug-likeness (QED) is 0.475. The molecule has 29 heavy (non-hydrogen) atoms. The first-order valence-corrected chi connectivity index (χ1v) is 9.21. The van der Waals surface area contributed by atoms with Gasteiger partial charge in [0.05, 0.1) is 18.9 Å². The first-order valence-electron chi connectivity index (χ1n) is 9.21. The molecule has 0 aliphatic carbocycles. The molecule has 1 aromatic carbocycles. The summed E-state index contributed by atoms with van der Waals surface area (Å²) in [5.41, 5.74) is 1.45. The van der Waals surface area contributed by atoms with Gasteiger partial charge >= 0.3 is 0 Å². The third-order valence-corrected chi connectivity index (χ3v) is 4.22. The molecule has 8 nitrogen and oxygen atoms in total. The van der Waals surface area contributed by atoms with E-state index in [0.29, 0.717) is 17.7 Å². The second kappa shape index (κ2) is 11.3. The molecule has 2 aromatic rings. The molecule has 0 saturated carbocycles. The number of carbonyl (C=O) groups is 2. The lowest BCUT2D eigenvalue weighted by molar-refractivity contribution is -0.129. The van der Waals surface area contributed by atoms with Crippen LogP contribution in [0.15, 0.2) is 48.7 Å². The maximum Gasteiger partial charge on any atom is 0.217 e. The number of aliphatic hydroxyl groups excluding tert-OH is 2. The van der Waals surface area contributed by atoms with Crippen molar-refractivity contribution in [1.29, 1.82) is 0 Å². The van der Waals surface area contributed by atoms with Gasteiger partial charge in [0, 0.05) is 13.1 Å². The zero-order chi connectivity index (χ0) is 21.2. The summed E-state index contributed by atoms with van der Waals surface area (Å²) >= 11 is 0. The van der Waals surface area contributed by atoms with Gasteiger partial charge in [-0.25, -0.2) is 0 Å². The SMILES string of the molecule is CC(=O)N[C@@H](C=O)[C@@H](Oc1cccnc1C)[C@H](O)[C@H](O)COCc1ccccc1. The zero-order valence-corrected chi connectivity index (χ0v) is 16.4. The lowest BCUT2D eigenvalue weighted by Crippen LogP contribution is -2.56. The van der Waals surface area contributed by atoms with E-state index < -0.39 is 30.3 Å². The standard InChI is InChI=1S/C21H26N2O6/c1-14-19(9-6-10-22-14)29-21(17(11-24)23-15(2)25)20(27)18(26)13-28-12-16-7-4-3-5-8-16/h3-11,17-18,20-21,26-27H,12-13H2,1-2H3,(H,23,25)/t17-,18+,20+,21+/m0/s1. The Balaban J connectivity index is 2.09. The van der Waals surface area contributed by atoms with E-state index in [1.807, 2.05) is 30.3 Å². The predicted octanol–water partition coefficient (Wildman–Crippen LogP) is 0.780. The summed E-state index contributed by atoms with van der Waals surface area (Å²) in [6.45, 7) is 3.01. The molecule has 8 heteroatoms. The van der Waals surface area contributed by atoms with Crippen LogP contribution < -0.4 is 10.1 Å². The van der Waals surface area contributed by atoms with Crippen molar-refractivity contribution in [1.82, 2.24) is 10.3 Å². The third-order valence-electron chi connectivity index (χ3n) is 4.22. The highest BCUT2D eigenvalue weighted by Gasteiger charge is 2.36. The van der Waals surface area contributed by atoms with Crippen LogP contribution in [0.25, 0.3) is 0 Å². The lowest BCUT2D eigenvalue weighted by atomic mass is 10.0. The Labute approximate surface area is 169 Å². The van der Waals surface area contributed by atoms with Gasteiger partial charge in [-0.15, -0.1) is 0 Å². The Bertz CT molecular complexity index is 786. The number of nitrogens with zero attached hydrogens (tertiary/aromatic N) is 1. The number of ether oxygens (including phenoxy) is 2. The van der Waals surface area contributed by atoms with Crippen LogP contribution in [-0.2, 0) is 20.9 Å². The van der Waals surface area contributed by atoms with E-state index >= 15 is 0 Å². The maximum atomic E-state index is 11.5. The molecule has 4 atom stereocenters. The van der Waals surface area contributed by atoms with Crippen LogP contribution in [0, 0.1) is 6.92 Å². The van der Waals surface area contributed by atoms with Crippen molar-refractivity contribution in [2.24, 2.45) is 0 Å². The van der Waals surface area contributed by atoms with Crippen LogP contribution in [0.4, 0.5) is 0 Å². The van der Waals surface area contributed by atoms with Gasteiger partial charge in [0.25, 0.3) is 0 Å². The zero-order valence-electron chi connectivity index (χ0n) is 16.4. The molecule has 0 radical (unpaired) electrons. The predicted molar refractivity (Wildman–Crippen MR) is 105 cm³/mol. The molecule has 0 spiro atoms. The van der Waals surface area contributed by atoms with E-state index in [1.54, 1.807) is 25.3 Å². The fourth-order valence-corrected chi connectivity index (χ4v) is 2.71. The van der Waals surface area contributed by atoms with E-state index in [2.05, 4.69) is 10.3 Å². The van der Waals surface area contributed by atoms with E-state index in [4.69, 9.17) is 9.47 Å². The van der Waals surface area contributed by atoms with Gasteiger partial charge < -0.3 is 29.8 Å². The van der Waals surface area contributed by atoms with Crippen LogP contribution in [0.1, 0.15) is 18.2 Å². The van der Waals surface area contributed by atoms with Gasteiger partial charge in [-0.2, -0.15) is 0 Å². The van der Waals surface area contributed by atoms with Gasteiger partial charge in [-0.1, -0.05) is 30.3 Å². The van der Waals surface area contributed by atoms with Crippen molar-refractivity contribution in [3.8, 4) is 5.75 Å². The summed E-state index contributed by atoms with van der Waals surface area (Å²) in [5.74, 6) is -0.146. The van der Waals surface area contributed by atoms with Crippen LogP contribution in [0.3, 0.4) is 0 Å². The molecule has 0 unspecified atom stereocenters. The largest absolute Gasteiger partial charge is 0.483 e. The highest BCUT2D eigenvalue weighted by molar-refractivity contribution is 5.77. The van der Waals surface area contributed by atoms with Crippen molar-refractivity contribution >= 4 is 12.2 Å². The number of nitrogens with one attached hydrogen (secondary N) is 1. The average Bonchev–Trinajstić information content (AvgIpc) is 2.71. The van der Waals surface area contributed by atoms with E-state index in [0.717, 1.165) is 5.56 Å². The van der Waals surface area contributed by atoms with Crippen LogP contribution in [-0.4, -0.2) is 58.4 Å². The summed E-state index contributed by atoms with van der Waals surface area (Å²) in [6.07, 6.45) is -2.07. The fourth-order valence-electron chi connectivity index (χ4n) is 2.71. The molecular formula is C21H26N2O6. The molecule has 2 rings (SSSR count). The molecule has 1 aromatic heterocycles. The van der Waals surface area contributed by atoms with Gasteiger partial charge in [0.2, 0.25) is 5.91 Å². The van der Waals surface area contributed by atoms with Gasteiger partial charge in [0.1, 0.15) is 30.3 Å². The van der Waals surface area contributed by atoms with Crippen molar-refractivity contribution < 1.29 is 29.3 Å². The van der Waals surface area contributed by atoms with Gasteiger partial charge in [-0.3, -0.25) is 9.78 Å². The summed E-state index contributed by atoms with van der Waals surface area (Å²) in [5, 5.41) is 23.5. The van der Waals surface area contributed by atoms with Crippen molar-refractivity contribution in [3.05, 3.63) is 59.9 Å². The minimum atomic E-state index is -1.51. The highest BCUT2D eigenvalue weighted by atomic mass is 16.5.